The molecular weight excluding hydrogens is 248 g/mol. The van der Waals surface area contributed by atoms with Crippen molar-refractivity contribution in [2.75, 3.05) is 13.2 Å². The van der Waals surface area contributed by atoms with Crippen molar-refractivity contribution in [1.29, 1.82) is 0 Å². The number of carboxylic acid groups (broad SMARTS) is 1. The van der Waals surface area contributed by atoms with Gasteiger partial charge < -0.3 is 20.8 Å². The van der Waals surface area contributed by atoms with Crippen LogP contribution in [-0.2, 0) is 4.79 Å². The first-order valence-corrected chi connectivity index (χ1v) is 6.91. The van der Waals surface area contributed by atoms with Gasteiger partial charge in [-0.1, -0.05) is 19.8 Å². The van der Waals surface area contributed by atoms with Crippen molar-refractivity contribution in [3.05, 3.63) is 0 Å². The molecule has 0 heterocycles. The molecule has 6 nitrogen and oxygen atoms in total. The number of carboxylic acids is 1. The predicted octanol–water partition coefficient (Wildman–Crippen LogP) is 0.947. The summed E-state index contributed by atoms with van der Waals surface area (Å²) < 4.78 is 0. The lowest BCUT2D eigenvalue weighted by Crippen LogP contribution is -2.47. The minimum atomic E-state index is -1.13. The quantitative estimate of drug-likeness (QED) is 0.578. The highest BCUT2D eigenvalue weighted by Crippen LogP contribution is 2.27. The monoisotopic (exact) mass is 272 g/mol. The Morgan fingerprint density at radius 1 is 1.37 bits per heavy atom. The number of aliphatic hydroxyl groups excluding tert-OH is 1. The number of hydrogen-bond donors (Lipinski definition) is 4. The average molecular weight is 272 g/mol. The molecule has 0 aromatic heterocycles. The highest BCUT2D eigenvalue weighted by atomic mass is 16.4. The predicted molar refractivity (Wildman–Crippen MR) is 70.8 cm³/mol. The van der Waals surface area contributed by atoms with E-state index in [2.05, 4.69) is 17.6 Å². The van der Waals surface area contributed by atoms with Crippen molar-refractivity contribution in [2.24, 2.45) is 11.8 Å². The zero-order valence-corrected chi connectivity index (χ0v) is 11.4. The van der Waals surface area contributed by atoms with E-state index < -0.39 is 18.0 Å². The molecule has 0 aromatic carbocycles. The van der Waals surface area contributed by atoms with Gasteiger partial charge in [-0.2, -0.15) is 0 Å². The summed E-state index contributed by atoms with van der Waals surface area (Å²) >= 11 is 0. The Morgan fingerprint density at radius 2 is 2.11 bits per heavy atom. The van der Waals surface area contributed by atoms with Crippen LogP contribution < -0.4 is 10.6 Å². The smallest absolute Gasteiger partial charge is 0.326 e. The Labute approximate surface area is 113 Å². The third kappa shape index (κ3) is 5.92. The summed E-state index contributed by atoms with van der Waals surface area (Å²) in [5.41, 5.74) is 0. The Bertz CT molecular complexity index is 309. The summed E-state index contributed by atoms with van der Waals surface area (Å²) in [5, 5.41) is 22.7. The van der Waals surface area contributed by atoms with E-state index >= 15 is 0 Å². The van der Waals surface area contributed by atoms with Crippen molar-refractivity contribution in [3.63, 3.8) is 0 Å². The molecule has 0 aromatic rings. The summed E-state index contributed by atoms with van der Waals surface area (Å²) in [6.07, 6.45) is 4.68. The van der Waals surface area contributed by atoms with Crippen molar-refractivity contribution in [3.8, 4) is 0 Å². The van der Waals surface area contributed by atoms with Crippen LogP contribution in [0, 0.1) is 11.8 Å². The second-order valence-electron chi connectivity index (χ2n) is 5.40. The van der Waals surface area contributed by atoms with E-state index in [-0.39, 0.29) is 13.0 Å². The number of carbonyl (C=O) groups excluding carboxylic acids is 1. The molecule has 19 heavy (non-hydrogen) atoms. The van der Waals surface area contributed by atoms with Crippen LogP contribution in [0.2, 0.25) is 0 Å². The van der Waals surface area contributed by atoms with Crippen LogP contribution in [-0.4, -0.2) is 41.4 Å². The standard InChI is InChI=1S/C13H24N2O4/c1-9-3-2-4-10(7-9)8-14-13(19)15-11(5-6-16)12(17)18/h9-11,16H,2-8H2,1H3,(H,17,18)(H2,14,15,19)/t9?,10?,11-/m0/s1. The normalized spacial score (nSPS) is 24.5. The van der Waals surface area contributed by atoms with Gasteiger partial charge in [0, 0.05) is 19.6 Å². The van der Waals surface area contributed by atoms with Crippen LogP contribution in [0.3, 0.4) is 0 Å². The van der Waals surface area contributed by atoms with E-state index in [1.807, 2.05) is 0 Å². The molecule has 0 aliphatic heterocycles. The molecule has 6 heteroatoms. The summed E-state index contributed by atoms with van der Waals surface area (Å²) in [7, 11) is 0. The molecule has 1 aliphatic carbocycles. The van der Waals surface area contributed by atoms with Gasteiger partial charge >= 0.3 is 12.0 Å². The highest BCUT2D eigenvalue weighted by molar-refractivity contribution is 5.82. The maximum Gasteiger partial charge on any atom is 0.326 e. The molecule has 1 fully saturated rings. The molecule has 1 rings (SSSR count). The van der Waals surface area contributed by atoms with Gasteiger partial charge in [0.1, 0.15) is 6.04 Å². The molecular formula is C13H24N2O4. The van der Waals surface area contributed by atoms with Gasteiger partial charge in [-0.25, -0.2) is 9.59 Å². The van der Waals surface area contributed by atoms with Crippen LogP contribution in [0.5, 0.6) is 0 Å². The van der Waals surface area contributed by atoms with Crippen LogP contribution in [0.25, 0.3) is 0 Å². The molecule has 3 atom stereocenters. The van der Waals surface area contributed by atoms with Crippen molar-refractivity contribution in [2.45, 2.75) is 45.1 Å². The first-order chi connectivity index (χ1) is 9.02. The Kier molecular flexibility index (Phi) is 6.62. The Balaban J connectivity index is 2.28. The lowest BCUT2D eigenvalue weighted by Gasteiger charge is -2.27. The number of nitrogens with one attached hydrogen (secondary N) is 2. The molecule has 0 spiro atoms. The topological polar surface area (TPSA) is 98.7 Å². The number of hydrogen-bond acceptors (Lipinski definition) is 3. The van der Waals surface area contributed by atoms with Gasteiger partial charge in [-0.15, -0.1) is 0 Å². The van der Waals surface area contributed by atoms with Gasteiger partial charge in [-0.05, 0) is 24.7 Å². The zero-order chi connectivity index (χ0) is 14.3. The third-order valence-electron chi connectivity index (χ3n) is 3.62. The van der Waals surface area contributed by atoms with E-state index in [1.165, 1.54) is 12.8 Å². The van der Waals surface area contributed by atoms with E-state index in [9.17, 15) is 9.59 Å². The summed E-state index contributed by atoms with van der Waals surface area (Å²) in [5.74, 6) is 0.0517. The van der Waals surface area contributed by atoms with Crippen LogP contribution in [0.4, 0.5) is 4.79 Å². The Hall–Kier alpha value is -1.30. The van der Waals surface area contributed by atoms with Gasteiger partial charge in [-0.3, -0.25) is 0 Å². The number of amides is 2. The highest BCUT2D eigenvalue weighted by Gasteiger charge is 2.21. The SMILES string of the molecule is CC1CCCC(CNC(=O)N[C@@H](CCO)C(=O)O)C1. The summed E-state index contributed by atoms with van der Waals surface area (Å²) in [6.45, 7) is 2.53. The first kappa shape index (κ1) is 15.8. The maximum atomic E-state index is 11.6. The number of aliphatic hydroxyl groups is 1. The maximum absolute atomic E-state index is 11.6. The minimum absolute atomic E-state index is 0.0171. The molecule has 2 unspecified atom stereocenters. The second kappa shape index (κ2) is 7.99. The van der Waals surface area contributed by atoms with Gasteiger partial charge in [0.2, 0.25) is 0 Å². The van der Waals surface area contributed by atoms with Crippen molar-refractivity contribution < 1.29 is 19.8 Å². The summed E-state index contributed by atoms with van der Waals surface area (Å²) in [6, 6.07) is -1.51. The average Bonchev–Trinajstić information content (AvgIpc) is 2.36. The number of carbonyl (C=O) groups is 2. The van der Waals surface area contributed by atoms with Crippen molar-refractivity contribution >= 4 is 12.0 Å². The van der Waals surface area contributed by atoms with E-state index in [1.54, 1.807) is 0 Å². The fraction of sp³-hybridized carbons (Fsp3) is 0.846. The third-order valence-corrected chi connectivity index (χ3v) is 3.62. The number of urea groups is 1. The first-order valence-electron chi connectivity index (χ1n) is 6.91. The summed E-state index contributed by atoms with van der Waals surface area (Å²) in [4.78, 5) is 22.4. The van der Waals surface area contributed by atoms with E-state index in [0.29, 0.717) is 18.4 Å². The van der Waals surface area contributed by atoms with E-state index in [4.69, 9.17) is 10.2 Å². The van der Waals surface area contributed by atoms with Crippen LogP contribution >= 0.6 is 0 Å². The molecule has 4 N–H and O–H groups in total. The molecule has 1 aliphatic rings. The van der Waals surface area contributed by atoms with Crippen LogP contribution in [0.15, 0.2) is 0 Å². The van der Waals surface area contributed by atoms with Gasteiger partial charge in [0.05, 0.1) is 0 Å². The second-order valence-corrected chi connectivity index (χ2v) is 5.40. The fourth-order valence-corrected chi connectivity index (χ4v) is 2.58. The fourth-order valence-electron chi connectivity index (χ4n) is 2.58. The van der Waals surface area contributed by atoms with E-state index in [0.717, 1.165) is 12.8 Å². The lowest BCUT2D eigenvalue weighted by molar-refractivity contribution is -0.139. The van der Waals surface area contributed by atoms with Gasteiger partial charge in [0.15, 0.2) is 0 Å². The molecule has 2 amide bonds. The van der Waals surface area contributed by atoms with Crippen LogP contribution in [0.1, 0.15) is 39.0 Å². The molecule has 0 radical (unpaired) electrons. The minimum Gasteiger partial charge on any atom is -0.480 e. The molecule has 110 valence electrons. The molecule has 1 saturated carbocycles. The lowest BCUT2D eigenvalue weighted by atomic mass is 9.82. The largest absolute Gasteiger partial charge is 0.480 e. The number of aliphatic carboxylic acids is 1. The van der Waals surface area contributed by atoms with Crippen molar-refractivity contribution in [1.82, 2.24) is 10.6 Å². The molecule has 0 saturated heterocycles. The number of rotatable bonds is 6. The Morgan fingerprint density at radius 3 is 2.68 bits per heavy atom. The van der Waals surface area contributed by atoms with Gasteiger partial charge in [0.25, 0.3) is 0 Å². The molecule has 0 bridgehead atoms. The zero-order valence-electron chi connectivity index (χ0n) is 11.4.